The Morgan fingerprint density at radius 2 is 1.60 bits per heavy atom. The van der Waals surface area contributed by atoms with E-state index < -0.39 is 34.3 Å². The molecule has 2 unspecified atom stereocenters. The minimum atomic E-state index is -4.30. The van der Waals surface area contributed by atoms with Gasteiger partial charge in [-0.1, -0.05) is 49.7 Å². The third-order valence-corrected chi connectivity index (χ3v) is 8.79. The molecule has 0 aliphatic heterocycles. The van der Waals surface area contributed by atoms with Gasteiger partial charge >= 0.3 is 0 Å². The van der Waals surface area contributed by atoms with Crippen LogP contribution in [0, 0.1) is 5.82 Å². The van der Waals surface area contributed by atoms with Gasteiger partial charge in [0.25, 0.3) is 10.0 Å². The second-order valence-corrected chi connectivity index (χ2v) is 12.1. The minimum Gasteiger partial charge on any atom is -0.492 e. The van der Waals surface area contributed by atoms with Crippen molar-refractivity contribution in [3.05, 3.63) is 89.2 Å². The number of amides is 2. The fourth-order valence-electron chi connectivity index (χ4n) is 4.33. The molecule has 0 aliphatic carbocycles. The Morgan fingerprint density at radius 3 is 2.19 bits per heavy atom. The van der Waals surface area contributed by atoms with E-state index in [1.807, 2.05) is 13.8 Å². The molecule has 0 heterocycles. The molecule has 0 saturated heterocycles. The molecular formula is C31H37ClFN3O5S. The maximum absolute atomic E-state index is 14.2. The Labute approximate surface area is 252 Å². The van der Waals surface area contributed by atoms with Crippen LogP contribution in [-0.4, -0.2) is 50.4 Å². The van der Waals surface area contributed by atoms with Crippen molar-refractivity contribution in [2.45, 2.75) is 64.1 Å². The summed E-state index contributed by atoms with van der Waals surface area (Å²) in [5, 5.41) is 3.28. The molecule has 3 aromatic rings. The van der Waals surface area contributed by atoms with Gasteiger partial charge in [0.05, 0.1) is 17.2 Å². The molecule has 0 fully saturated rings. The number of hydrogen-bond acceptors (Lipinski definition) is 5. The fourth-order valence-corrected chi connectivity index (χ4v) is 5.89. The van der Waals surface area contributed by atoms with Gasteiger partial charge in [-0.3, -0.25) is 13.9 Å². The van der Waals surface area contributed by atoms with E-state index in [2.05, 4.69) is 5.32 Å². The lowest BCUT2D eigenvalue weighted by molar-refractivity contribution is -0.140. The number of halogens is 2. The molecule has 0 aliphatic rings. The molecule has 226 valence electrons. The number of anilines is 1. The number of nitrogens with one attached hydrogen (secondary N) is 1. The molecule has 8 nitrogen and oxygen atoms in total. The lowest BCUT2D eigenvalue weighted by Crippen LogP contribution is -2.53. The highest BCUT2D eigenvalue weighted by Crippen LogP contribution is 2.33. The topological polar surface area (TPSA) is 96.0 Å². The van der Waals surface area contributed by atoms with E-state index >= 15 is 0 Å². The average Bonchev–Trinajstić information content (AvgIpc) is 2.97. The quantitative estimate of drug-likeness (QED) is 0.247. The maximum atomic E-state index is 14.2. The molecule has 0 radical (unpaired) electrons. The van der Waals surface area contributed by atoms with Gasteiger partial charge in [-0.15, -0.1) is 0 Å². The Hall–Kier alpha value is -3.63. The van der Waals surface area contributed by atoms with Gasteiger partial charge in [0, 0.05) is 17.6 Å². The molecule has 3 aromatic carbocycles. The number of sulfonamides is 1. The van der Waals surface area contributed by atoms with Gasteiger partial charge in [-0.25, -0.2) is 12.8 Å². The van der Waals surface area contributed by atoms with Crippen molar-refractivity contribution in [1.82, 2.24) is 10.2 Å². The highest BCUT2D eigenvalue weighted by molar-refractivity contribution is 7.92. The summed E-state index contributed by atoms with van der Waals surface area (Å²) in [7, 11) is -4.30. The first kappa shape index (κ1) is 32.9. The van der Waals surface area contributed by atoms with Gasteiger partial charge in [-0.05, 0) is 80.8 Å². The largest absolute Gasteiger partial charge is 0.492 e. The van der Waals surface area contributed by atoms with Crippen LogP contribution in [0.3, 0.4) is 0 Å². The molecule has 0 saturated carbocycles. The highest BCUT2D eigenvalue weighted by atomic mass is 35.5. The van der Waals surface area contributed by atoms with E-state index in [4.69, 9.17) is 16.3 Å². The van der Waals surface area contributed by atoms with Crippen LogP contribution in [0.15, 0.2) is 77.7 Å². The van der Waals surface area contributed by atoms with E-state index in [1.165, 1.54) is 53.4 Å². The van der Waals surface area contributed by atoms with Crippen LogP contribution in [0.4, 0.5) is 10.1 Å². The summed E-state index contributed by atoms with van der Waals surface area (Å²) >= 11 is 6.01. The lowest BCUT2D eigenvalue weighted by Gasteiger charge is -2.34. The summed E-state index contributed by atoms with van der Waals surface area (Å²) in [6, 6.07) is 16.7. The SMILES string of the molecule is CCOc1ccccc1N(CC(=O)N(Cc1ccc(F)cc1)C(CC)C(=O)NC(C)CC)S(=O)(=O)c1ccc(Cl)cc1. The average molecular weight is 618 g/mol. The van der Waals surface area contributed by atoms with Crippen molar-refractivity contribution in [3.63, 3.8) is 0 Å². The molecule has 1 N–H and O–H groups in total. The van der Waals surface area contributed by atoms with Crippen molar-refractivity contribution in [3.8, 4) is 5.75 Å². The van der Waals surface area contributed by atoms with Crippen LogP contribution >= 0.6 is 11.6 Å². The van der Waals surface area contributed by atoms with Gasteiger partial charge in [0.15, 0.2) is 0 Å². The molecule has 0 spiro atoms. The number of rotatable bonds is 14. The summed E-state index contributed by atoms with van der Waals surface area (Å²) in [4.78, 5) is 28.8. The monoisotopic (exact) mass is 617 g/mol. The Morgan fingerprint density at radius 1 is 0.952 bits per heavy atom. The van der Waals surface area contributed by atoms with Crippen molar-refractivity contribution in [1.29, 1.82) is 0 Å². The van der Waals surface area contributed by atoms with Crippen LogP contribution < -0.4 is 14.4 Å². The first-order valence-electron chi connectivity index (χ1n) is 13.9. The number of ether oxygens (including phenoxy) is 1. The van der Waals surface area contributed by atoms with Gasteiger partial charge in [0.1, 0.15) is 24.2 Å². The van der Waals surface area contributed by atoms with E-state index in [9.17, 15) is 22.4 Å². The first-order valence-corrected chi connectivity index (χ1v) is 15.7. The Balaban J connectivity index is 2.10. The normalized spacial score (nSPS) is 12.7. The molecule has 0 bridgehead atoms. The predicted molar refractivity (Wildman–Crippen MR) is 163 cm³/mol. The van der Waals surface area contributed by atoms with E-state index in [1.54, 1.807) is 38.1 Å². The fraction of sp³-hybridized carbons (Fsp3) is 0.355. The Kier molecular flexibility index (Phi) is 11.8. The van der Waals surface area contributed by atoms with Crippen molar-refractivity contribution in [2.75, 3.05) is 17.5 Å². The van der Waals surface area contributed by atoms with E-state index in [0.717, 1.165) is 4.31 Å². The van der Waals surface area contributed by atoms with Gasteiger partial charge < -0.3 is 15.0 Å². The Bertz CT molecular complexity index is 1450. The first-order chi connectivity index (χ1) is 20.0. The third kappa shape index (κ3) is 8.23. The highest BCUT2D eigenvalue weighted by Gasteiger charge is 2.35. The number of hydrogen-bond donors (Lipinski definition) is 1. The zero-order valence-electron chi connectivity index (χ0n) is 24.2. The molecule has 42 heavy (non-hydrogen) atoms. The second kappa shape index (κ2) is 15.0. The van der Waals surface area contributed by atoms with Crippen LogP contribution in [0.2, 0.25) is 5.02 Å². The van der Waals surface area contributed by atoms with Crippen LogP contribution in [0.25, 0.3) is 0 Å². The molecule has 2 atom stereocenters. The van der Waals surface area contributed by atoms with Crippen molar-refractivity contribution < 1.29 is 27.1 Å². The van der Waals surface area contributed by atoms with Crippen LogP contribution in [-0.2, 0) is 26.2 Å². The molecule has 0 aromatic heterocycles. The van der Waals surface area contributed by atoms with Crippen molar-refractivity contribution >= 4 is 39.1 Å². The number of carbonyl (C=O) groups excluding carboxylic acids is 2. The predicted octanol–water partition coefficient (Wildman–Crippen LogP) is 5.80. The minimum absolute atomic E-state index is 0.0342. The van der Waals surface area contributed by atoms with Gasteiger partial charge in [0.2, 0.25) is 11.8 Å². The van der Waals surface area contributed by atoms with Gasteiger partial charge in [-0.2, -0.15) is 0 Å². The molecule has 2 amide bonds. The standard InChI is InChI=1S/C31H37ClFN3O5S/c1-5-22(4)34-31(38)27(6-2)35(20-23-12-16-25(33)17-13-23)30(37)21-36(28-10-8-9-11-29(28)41-7-3)42(39,40)26-18-14-24(32)15-19-26/h8-19,22,27H,5-7,20-21H2,1-4H3,(H,34,38). The zero-order chi connectivity index (χ0) is 30.9. The van der Waals surface area contributed by atoms with E-state index in [0.29, 0.717) is 17.0 Å². The summed E-state index contributed by atoms with van der Waals surface area (Å²) in [6.45, 7) is 6.95. The zero-order valence-corrected chi connectivity index (χ0v) is 25.8. The lowest BCUT2D eigenvalue weighted by atomic mass is 10.1. The summed E-state index contributed by atoms with van der Waals surface area (Å²) < 4.78 is 48.5. The number of benzene rings is 3. The van der Waals surface area contributed by atoms with E-state index in [-0.39, 0.29) is 47.9 Å². The molecule has 3 rings (SSSR count). The number of para-hydroxylation sites is 2. The summed E-state index contributed by atoms with van der Waals surface area (Å²) in [5.74, 6) is -1.14. The van der Waals surface area contributed by atoms with Crippen LogP contribution in [0.1, 0.15) is 46.1 Å². The van der Waals surface area contributed by atoms with Crippen LogP contribution in [0.5, 0.6) is 5.75 Å². The number of carbonyl (C=O) groups is 2. The second-order valence-electron chi connectivity index (χ2n) is 9.76. The summed E-state index contributed by atoms with van der Waals surface area (Å²) in [6.07, 6.45) is 0.962. The maximum Gasteiger partial charge on any atom is 0.264 e. The van der Waals surface area contributed by atoms with Crippen molar-refractivity contribution in [2.24, 2.45) is 0 Å². The molecule has 11 heteroatoms. The number of nitrogens with zero attached hydrogens (tertiary/aromatic N) is 2. The summed E-state index contributed by atoms with van der Waals surface area (Å²) in [5.41, 5.74) is 0.753. The smallest absolute Gasteiger partial charge is 0.264 e. The molecular weight excluding hydrogens is 581 g/mol. The third-order valence-electron chi connectivity index (χ3n) is 6.77.